The third-order valence-corrected chi connectivity index (χ3v) is 2.97. The fraction of sp³-hybridized carbons (Fsp3) is 0.0909. The van der Waals surface area contributed by atoms with E-state index >= 15 is 0 Å². The van der Waals surface area contributed by atoms with Gasteiger partial charge in [0.15, 0.2) is 11.5 Å². The van der Waals surface area contributed by atoms with Crippen LogP contribution in [0.3, 0.4) is 0 Å². The number of benzene rings is 1. The van der Waals surface area contributed by atoms with Crippen LogP contribution in [0.25, 0.3) is 6.08 Å². The van der Waals surface area contributed by atoms with Gasteiger partial charge in [0, 0.05) is 0 Å². The van der Waals surface area contributed by atoms with Crippen molar-refractivity contribution in [2.24, 2.45) is 10.7 Å². The molecule has 3 N–H and O–H groups in total. The molecule has 0 atom stereocenters. The van der Waals surface area contributed by atoms with E-state index in [-0.39, 0.29) is 16.8 Å². The number of rotatable bonds is 2. The largest absolute Gasteiger partial charge is 0.504 e. The first-order valence-corrected chi connectivity index (χ1v) is 5.57. The average Bonchev–Trinajstić information content (AvgIpc) is 2.58. The summed E-state index contributed by atoms with van der Waals surface area (Å²) in [5.74, 6) is 0.630. The number of aromatic hydroxyl groups is 1. The number of phenolic OH excluding ortho intramolecular Hbond substituents is 1. The number of nitrogens with zero attached hydrogens (tertiary/aromatic N) is 1. The van der Waals surface area contributed by atoms with E-state index in [1.54, 1.807) is 18.2 Å². The van der Waals surface area contributed by atoms with E-state index in [2.05, 4.69) is 4.99 Å². The van der Waals surface area contributed by atoms with Gasteiger partial charge in [-0.05, 0) is 35.5 Å². The molecule has 0 aromatic heterocycles. The van der Waals surface area contributed by atoms with Gasteiger partial charge in [-0.25, -0.2) is 0 Å². The number of thioether (sulfide) groups is 1. The summed E-state index contributed by atoms with van der Waals surface area (Å²) < 4.78 is 4.93. The Labute approximate surface area is 102 Å². The number of hydrogen-bond donors (Lipinski definition) is 2. The van der Waals surface area contributed by atoms with Gasteiger partial charge >= 0.3 is 5.24 Å². The van der Waals surface area contributed by atoms with Crippen molar-refractivity contribution in [1.82, 2.24) is 0 Å². The van der Waals surface area contributed by atoms with Crippen LogP contribution in [-0.2, 0) is 0 Å². The number of aliphatic imine (C=N–C) groups is 1. The predicted octanol–water partition coefficient (Wildman–Crippen LogP) is 1.97. The lowest BCUT2D eigenvalue weighted by Crippen LogP contribution is -2.08. The summed E-state index contributed by atoms with van der Waals surface area (Å²) in [4.78, 5) is 15.2. The number of phenols is 1. The fourth-order valence-corrected chi connectivity index (χ4v) is 2.05. The van der Waals surface area contributed by atoms with Gasteiger partial charge in [-0.15, -0.1) is 0 Å². The second-order valence-electron chi connectivity index (χ2n) is 3.30. The van der Waals surface area contributed by atoms with Crippen LogP contribution in [0.1, 0.15) is 5.56 Å². The molecule has 2 rings (SSSR count). The smallest absolute Gasteiger partial charge is 0.311 e. The van der Waals surface area contributed by atoms with Crippen LogP contribution in [0.5, 0.6) is 11.5 Å². The molecule has 0 saturated carbocycles. The van der Waals surface area contributed by atoms with E-state index in [0.717, 1.165) is 17.3 Å². The van der Waals surface area contributed by atoms with Crippen LogP contribution in [0.4, 0.5) is 4.79 Å². The highest BCUT2D eigenvalue weighted by Crippen LogP contribution is 2.30. The molecule has 0 bridgehead atoms. The quantitative estimate of drug-likeness (QED) is 0.838. The Bertz CT molecular complexity index is 538. The second kappa shape index (κ2) is 4.50. The van der Waals surface area contributed by atoms with E-state index in [4.69, 9.17) is 10.5 Å². The number of hydrogen-bond acceptors (Lipinski definition) is 5. The highest BCUT2D eigenvalue weighted by molar-refractivity contribution is 8.18. The van der Waals surface area contributed by atoms with Gasteiger partial charge < -0.3 is 15.6 Å². The zero-order chi connectivity index (χ0) is 12.4. The highest BCUT2D eigenvalue weighted by Gasteiger charge is 2.18. The van der Waals surface area contributed by atoms with Crippen molar-refractivity contribution in [1.29, 1.82) is 0 Å². The minimum atomic E-state index is -0.327. The summed E-state index contributed by atoms with van der Waals surface area (Å²) in [6, 6.07) is 4.92. The number of ether oxygens (including phenoxy) is 1. The lowest BCUT2D eigenvalue weighted by molar-refractivity contribution is 0.268. The molecule has 1 amide bonds. The summed E-state index contributed by atoms with van der Waals surface area (Å²) >= 11 is 0.965. The van der Waals surface area contributed by atoms with Crippen molar-refractivity contribution >= 4 is 28.9 Å². The minimum absolute atomic E-state index is 0.0340. The Morgan fingerprint density at radius 1 is 1.53 bits per heavy atom. The number of nitrogens with two attached hydrogens (primary N) is 1. The Hall–Kier alpha value is -1.95. The molecule has 1 aromatic rings. The molecule has 5 nitrogen and oxygen atoms in total. The number of amidine groups is 1. The van der Waals surface area contributed by atoms with E-state index in [1.807, 2.05) is 0 Å². The lowest BCUT2D eigenvalue weighted by atomic mass is 10.2. The summed E-state index contributed by atoms with van der Waals surface area (Å²) in [6.07, 6.45) is 1.69. The fourth-order valence-electron chi connectivity index (χ4n) is 1.37. The molecule has 0 spiro atoms. The van der Waals surface area contributed by atoms with Crippen molar-refractivity contribution in [3.8, 4) is 11.5 Å². The lowest BCUT2D eigenvalue weighted by Gasteiger charge is -2.04. The Kier molecular flexibility index (Phi) is 3.06. The molecule has 0 saturated heterocycles. The maximum atomic E-state index is 11.0. The van der Waals surface area contributed by atoms with E-state index in [1.165, 1.54) is 13.2 Å². The summed E-state index contributed by atoms with van der Waals surface area (Å²) in [5.41, 5.74) is 6.29. The van der Waals surface area contributed by atoms with Gasteiger partial charge in [0.05, 0.1) is 12.0 Å². The van der Waals surface area contributed by atoms with E-state index in [9.17, 15) is 9.90 Å². The molecule has 0 fully saturated rings. The number of carbonyl (C=O) groups is 1. The van der Waals surface area contributed by atoms with Crippen molar-refractivity contribution in [3.63, 3.8) is 0 Å². The van der Waals surface area contributed by atoms with Gasteiger partial charge in [0.2, 0.25) is 0 Å². The number of carbonyl (C=O) groups excluding carboxylic acids is 1. The number of methoxy groups -OCH3 is 1. The van der Waals surface area contributed by atoms with Crippen LogP contribution >= 0.6 is 11.8 Å². The maximum absolute atomic E-state index is 11.0. The van der Waals surface area contributed by atoms with E-state index in [0.29, 0.717) is 10.7 Å². The van der Waals surface area contributed by atoms with Gasteiger partial charge in [-0.1, -0.05) is 6.07 Å². The monoisotopic (exact) mass is 250 g/mol. The van der Waals surface area contributed by atoms with Crippen LogP contribution in [-0.4, -0.2) is 23.3 Å². The number of amides is 1. The third kappa shape index (κ3) is 2.42. The highest BCUT2D eigenvalue weighted by atomic mass is 32.2. The summed E-state index contributed by atoms with van der Waals surface area (Å²) in [7, 11) is 1.48. The van der Waals surface area contributed by atoms with Crippen LogP contribution < -0.4 is 10.5 Å². The zero-order valence-electron chi connectivity index (χ0n) is 9.01. The molecule has 17 heavy (non-hydrogen) atoms. The Morgan fingerprint density at radius 2 is 2.29 bits per heavy atom. The SMILES string of the molecule is COc1ccc(/C=C2\SC(=O)N=C2N)cc1O. The molecule has 6 heteroatoms. The predicted molar refractivity (Wildman–Crippen MR) is 67.2 cm³/mol. The van der Waals surface area contributed by atoms with Gasteiger partial charge in [0.1, 0.15) is 5.84 Å². The Morgan fingerprint density at radius 3 is 2.82 bits per heavy atom. The summed E-state index contributed by atoms with van der Waals surface area (Å²) in [6.45, 7) is 0. The first-order valence-electron chi connectivity index (χ1n) is 4.75. The molecule has 1 aliphatic heterocycles. The molecule has 1 heterocycles. The van der Waals surface area contributed by atoms with Crippen molar-refractivity contribution in [2.45, 2.75) is 0 Å². The van der Waals surface area contributed by atoms with Gasteiger partial charge in [-0.3, -0.25) is 4.79 Å². The zero-order valence-corrected chi connectivity index (χ0v) is 9.82. The second-order valence-corrected chi connectivity index (χ2v) is 4.30. The van der Waals surface area contributed by atoms with Crippen LogP contribution in [0.2, 0.25) is 0 Å². The maximum Gasteiger partial charge on any atom is 0.311 e. The minimum Gasteiger partial charge on any atom is -0.504 e. The normalized spacial score (nSPS) is 17.4. The van der Waals surface area contributed by atoms with Crippen LogP contribution in [0, 0.1) is 0 Å². The van der Waals surface area contributed by atoms with Gasteiger partial charge in [0.25, 0.3) is 0 Å². The van der Waals surface area contributed by atoms with Gasteiger partial charge in [-0.2, -0.15) is 4.99 Å². The average molecular weight is 250 g/mol. The first-order chi connectivity index (χ1) is 8.10. The van der Waals surface area contributed by atoms with Crippen molar-refractivity contribution in [2.75, 3.05) is 7.11 Å². The molecule has 0 aliphatic carbocycles. The standard InChI is InChI=1S/C11H10N2O3S/c1-16-8-3-2-6(4-7(8)14)5-9-10(12)13-11(15)17-9/h2-5,14H,1H3,(H2,12,13,15)/b9-5-. The van der Waals surface area contributed by atoms with Crippen molar-refractivity contribution in [3.05, 3.63) is 28.7 Å². The third-order valence-electron chi connectivity index (χ3n) is 2.16. The van der Waals surface area contributed by atoms with E-state index < -0.39 is 0 Å². The topological polar surface area (TPSA) is 84.9 Å². The molecular formula is C11H10N2O3S. The molecule has 0 unspecified atom stereocenters. The van der Waals surface area contributed by atoms with Crippen LogP contribution in [0.15, 0.2) is 28.1 Å². The molecule has 1 aliphatic rings. The van der Waals surface area contributed by atoms with Crippen molar-refractivity contribution < 1.29 is 14.6 Å². The molecular weight excluding hydrogens is 240 g/mol. The molecule has 88 valence electrons. The Balaban J connectivity index is 2.31. The molecule has 0 radical (unpaired) electrons. The molecule has 1 aromatic carbocycles. The first kappa shape index (κ1) is 11.5. The summed E-state index contributed by atoms with van der Waals surface area (Å²) in [5, 5.41) is 9.27.